The number of benzene rings is 4. The summed E-state index contributed by atoms with van der Waals surface area (Å²) in [5, 5.41) is 14.8. The average molecular weight is 720 g/mol. The Hall–Kier alpha value is -4.55. The van der Waals surface area contributed by atoms with Gasteiger partial charge < -0.3 is 10.2 Å². The minimum atomic E-state index is -4.37. The zero-order chi connectivity index (χ0) is 33.4. The minimum Gasteiger partial charge on any atom is -0.352 e. The molecular formula is C35H35BrN4O6S. The topological polar surface area (TPSA) is 130 Å². The Morgan fingerprint density at radius 1 is 0.872 bits per heavy atom. The summed E-state index contributed by atoms with van der Waals surface area (Å²) < 4.78 is 29.9. The zero-order valence-electron chi connectivity index (χ0n) is 25.6. The normalized spacial score (nSPS) is 13.9. The van der Waals surface area contributed by atoms with E-state index in [1.165, 1.54) is 35.2 Å². The van der Waals surface area contributed by atoms with E-state index in [1.54, 1.807) is 18.2 Å². The fraction of sp³-hybridized carbons (Fsp3) is 0.257. The number of nitrogens with one attached hydrogen (secondary N) is 1. The standard InChI is InChI=1S/C35H35BrN4O6S/c36-28-20-18-27(19-21-28)24-38(33(22-26-10-3-1-4-11-26)35(42)37-29-12-7-8-13-29)34(41)25-39(30-14-9-15-31(23-30)40(43)44)47(45,46)32-16-5-2-6-17-32/h1-6,9-11,14-21,23,29,33H,7-8,12-13,22,24-25H2,(H,37,42). The second-order valence-electron chi connectivity index (χ2n) is 11.4. The quantitative estimate of drug-likeness (QED) is 0.129. The zero-order valence-corrected chi connectivity index (χ0v) is 28.0. The van der Waals surface area contributed by atoms with Crippen LogP contribution in [0.2, 0.25) is 0 Å². The summed E-state index contributed by atoms with van der Waals surface area (Å²) in [6.45, 7) is -0.674. The summed E-state index contributed by atoms with van der Waals surface area (Å²) >= 11 is 3.44. The molecule has 1 unspecified atom stereocenters. The van der Waals surface area contributed by atoms with E-state index in [4.69, 9.17) is 0 Å². The SMILES string of the molecule is O=C(NC1CCCC1)C(Cc1ccccc1)N(Cc1ccc(Br)cc1)C(=O)CN(c1cccc([N+](=O)[O-])c1)S(=O)(=O)c1ccccc1. The lowest BCUT2D eigenvalue weighted by molar-refractivity contribution is -0.384. The molecule has 1 N–H and O–H groups in total. The highest BCUT2D eigenvalue weighted by Gasteiger charge is 2.36. The van der Waals surface area contributed by atoms with Gasteiger partial charge in [0.1, 0.15) is 12.6 Å². The number of anilines is 1. The van der Waals surface area contributed by atoms with Crippen LogP contribution in [-0.2, 0) is 32.6 Å². The molecule has 10 nitrogen and oxygen atoms in total. The van der Waals surface area contributed by atoms with Crippen molar-refractivity contribution in [3.63, 3.8) is 0 Å². The first kappa shape index (κ1) is 33.8. The number of rotatable bonds is 13. The number of carbonyl (C=O) groups is 2. The maximum atomic E-state index is 14.6. The summed E-state index contributed by atoms with van der Waals surface area (Å²) in [4.78, 5) is 41.0. The van der Waals surface area contributed by atoms with Crippen LogP contribution in [0.4, 0.5) is 11.4 Å². The highest BCUT2D eigenvalue weighted by atomic mass is 79.9. The summed E-state index contributed by atoms with van der Waals surface area (Å²) in [5.41, 5.74) is 1.20. The molecule has 4 aromatic rings. The summed E-state index contributed by atoms with van der Waals surface area (Å²) in [6.07, 6.45) is 3.90. The second-order valence-corrected chi connectivity index (χ2v) is 14.2. The van der Waals surface area contributed by atoms with Crippen LogP contribution in [0.1, 0.15) is 36.8 Å². The molecule has 47 heavy (non-hydrogen) atoms. The maximum Gasteiger partial charge on any atom is 0.271 e. The molecule has 244 valence electrons. The Balaban J connectivity index is 1.58. The number of nitrogens with zero attached hydrogens (tertiary/aromatic N) is 3. The Labute approximate surface area is 282 Å². The Bertz CT molecular complexity index is 1800. The lowest BCUT2D eigenvalue weighted by Crippen LogP contribution is -2.54. The van der Waals surface area contributed by atoms with Crippen LogP contribution < -0.4 is 9.62 Å². The Morgan fingerprint density at radius 3 is 2.15 bits per heavy atom. The van der Waals surface area contributed by atoms with Crippen LogP contribution in [0.5, 0.6) is 0 Å². The van der Waals surface area contributed by atoms with Gasteiger partial charge in [0, 0.05) is 35.6 Å². The smallest absolute Gasteiger partial charge is 0.271 e. The molecule has 0 spiro atoms. The van der Waals surface area contributed by atoms with Crippen LogP contribution in [0.25, 0.3) is 0 Å². The van der Waals surface area contributed by atoms with Gasteiger partial charge in [0.15, 0.2) is 0 Å². The van der Waals surface area contributed by atoms with Gasteiger partial charge in [0.25, 0.3) is 15.7 Å². The van der Waals surface area contributed by atoms with Gasteiger partial charge in [-0.3, -0.25) is 24.0 Å². The molecule has 0 saturated heterocycles. The fourth-order valence-electron chi connectivity index (χ4n) is 5.72. The van der Waals surface area contributed by atoms with Crippen LogP contribution in [0.3, 0.4) is 0 Å². The van der Waals surface area contributed by atoms with Crippen molar-refractivity contribution < 1.29 is 22.9 Å². The van der Waals surface area contributed by atoms with Gasteiger partial charge in [0.05, 0.1) is 15.5 Å². The van der Waals surface area contributed by atoms with Crippen LogP contribution >= 0.6 is 15.9 Å². The third-order valence-electron chi connectivity index (χ3n) is 8.18. The molecule has 0 radical (unpaired) electrons. The summed E-state index contributed by atoms with van der Waals surface area (Å²) in [7, 11) is -4.37. The first-order valence-corrected chi connectivity index (χ1v) is 17.6. The maximum absolute atomic E-state index is 14.6. The van der Waals surface area contributed by atoms with Crippen molar-refractivity contribution in [2.45, 2.75) is 55.6 Å². The van der Waals surface area contributed by atoms with E-state index in [9.17, 15) is 28.1 Å². The molecule has 0 bridgehead atoms. The molecule has 1 aliphatic carbocycles. The monoisotopic (exact) mass is 718 g/mol. The van der Waals surface area contributed by atoms with Crippen LogP contribution in [0.15, 0.2) is 119 Å². The van der Waals surface area contributed by atoms with Gasteiger partial charge in [-0.1, -0.05) is 95.5 Å². The third-order valence-corrected chi connectivity index (χ3v) is 10.5. The van der Waals surface area contributed by atoms with E-state index in [0.717, 1.165) is 51.7 Å². The predicted octanol–water partition coefficient (Wildman–Crippen LogP) is 6.25. The second kappa shape index (κ2) is 15.4. The van der Waals surface area contributed by atoms with Crippen molar-refractivity contribution in [1.82, 2.24) is 10.2 Å². The molecule has 0 aliphatic heterocycles. The van der Waals surface area contributed by atoms with Crippen molar-refractivity contribution >= 4 is 49.1 Å². The first-order chi connectivity index (χ1) is 22.6. The number of carbonyl (C=O) groups excluding carboxylic acids is 2. The molecule has 1 aliphatic rings. The van der Waals surface area contributed by atoms with Gasteiger partial charge in [-0.15, -0.1) is 0 Å². The molecular weight excluding hydrogens is 684 g/mol. The number of nitro benzene ring substituents is 1. The molecule has 2 amide bonds. The van der Waals surface area contributed by atoms with E-state index >= 15 is 0 Å². The average Bonchev–Trinajstić information content (AvgIpc) is 3.60. The number of hydrogen-bond donors (Lipinski definition) is 1. The first-order valence-electron chi connectivity index (χ1n) is 15.3. The van der Waals surface area contributed by atoms with Crippen molar-refractivity contribution in [2.75, 3.05) is 10.8 Å². The Morgan fingerprint density at radius 2 is 1.51 bits per heavy atom. The van der Waals surface area contributed by atoms with Gasteiger partial charge in [0.2, 0.25) is 11.8 Å². The van der Waals surface area contributed by atoms with Gasteiger partial charge in [-0.2, -0.15) is 0 Å². The lowest BCUT2D eigenvalue weighted by Gasteiger charge is -2.34. The molecule has 4 aromatic carbocycles. The van der Waals surface area contributed by atoms with E-state index in [2.05, 4.69) is 21.2 Å². The van der Waals surface area contributed by atoms with Crippen molar-refractivity contribution in [3.8, 4) is 0 Å². The number of halogens is 1. The Kier molecular flexibility index (Phi) is 11.0. The van der Waals surface area contributed by atoms with E-state index < -0.39 is 33.4 Å². The number of sulfonamides is 1. The third kappa shape index (κ3) is 8.63. The minimum absolute atomic E-state index is 0.00905. The highest BCUT2D eigenvalue weighted by molar-refractivity contribution is 9.10. The van der Waals surface area contributed by atoms with E-state index in [0.29, 0.717) is 0 Å². The van der Waals surface area contributed by atoms with Gasteiger partial charge in [-0.05, 0) is 54.3 Å². The van der Waals surface area contributed by atoms with Crippen molar-refractivity contribution in [3.05, 3.63) is 135 Å². The number of amides is 2. The van der Waals surface area contributed by atoms with Crippen LogP contribution in [0, 0.1) is 10.1 Å². The summed E-state index contributed by atoms with van der Waals surface area (Å²) in [5.74, 6) is -0.958. The molecule has 5 rings (SSSR count). The van der Waals surface area contributed by atoms with Crippen LogP contribution in [-0.4, -0.2) is 48.7 Å². The van der Waals surface area contributed by atoms with Gasteiger partial charge >= 0.3 is 0 Å². The predicted molar refractivity (Wildman–Crippen MR) is 183 cm³/mol. The molecule has 12 heteroatoms. The van der Waals surface area contributed by atoms with E-state index in [-0.39, 0.29) is 41.2 Å². The number of non-ortho nitro benzene ring substituents is 1. The van der Waals surface area contributed by atoms with Crippen molar-refractivity contribution in [1.29, 1.82) is 0 Å². The largest absolute Gasteiger partial charge is 0.352 e. The molecule has 1 saturated carbocycles. The molecule has 0 heterocycles. The molecule has 1 atom stereocenters. The lowest BCUT2D eigenvalue weighted by atomic mass is 10.0. The number of hydrogen-bond acceptors (Lipinski definition) is 6. The van der Waals surface area contributed by atoms with Crippen molar-refractivity contribution in [2.24, 2.45) is 0 Å². The van der Waals surface area contributed by atoms with E-state index in [1.807, 2.05) is 54.6 Å². The molecule has 0 aromatic heterocycles. The van der Waals surface area contributed by atoms with Gasteiger partial charge in [-0.25, -0.2) is 8.42 Å². The summed E-state index contributed by atoms with van der Waals surface area (Å²) in [6, 6.07) is 28.4. The molecule has 1 fully saturated rings. The number of nitro groups is 1. The fourth-order valence-corrected chi connectivity index (χ4v) is 7.41. The highest BCUT2D eigenvalue weighted by Crippen LogP contribution is 2.28.